The number of benzene rings is 1. The minimum absolute atomic E-state index is 0.00694. The van der Waals surface area contributed by atoms with Crippen molar-refractivity contribution in [3.63, 3.8) is 0 Å². The summed E-state index contributed by atoms with van der Waals surface area (Å²) in [5.41, 5.74) is 10.4. The molecule has 0 saturated carbocycles. The van der Waals surface area contributed by atoms with E-state index in [-0.39, 0.29) is 18.2 Å². The number of pyridine rings is 1. The largest absolute Gasteiger partial charge is 0.384 e. The van der Waals surface area contributed by atoms with Gasteiger partial charge in [0.2, 0.25) is 0 Å². The van der Waals surface area contributed by atoms with Crippen molar-refractivity contribution in [2.75, 3.05) is 12.3 Å². The number of H-pyrrole nitrogens is 2. The smallest absolute Gasteiger partial charge is 0.251 e. The fraction of sp³-hybridized carbons (Fsp3) is 0.200. The third-order valence-electron chi connectivity index (χ3n) is 4.61. The van der Waals surface area contributed by atoms with Crippen molar-refractivity contribution in [1.82, 2.24) is 25.3 Å². The van der Waals surface area contributed by atoms with E-state index < -0.39 is 0 Å². The van der Waals surface area contributed by atoms with Crippen LogP contribution in [0.25, 0.3) is 33.3 Å². The molecule has 0 bridgehead atoms. The highest BCUT2D eigenvalue weighted by Gasteiger charge is 2.14. The van der Waals surface area contributed by atoms with Crippen molar-refractivity contribution in [3.05, 3.63) is 41.7 Å². The average Bonchev–Trinajstić information content (AvgIpc) is 3.26. The van der Waals surface area contributed by atoms with Crippen LogP contribution in [0.2, 0.25) is 0 Å². The SMILES string of the molecule is CCC(=O)CNC(=O)c1ccc2[nH]c(-c3cc(N)nc4nc(C)[nH]c34)cc2c1. The number of amides is 1. The number of carbonyl (C=O) groups excluding carboxylic acids is 2. The molecule has 4 aromatic rings. The zero-order valence-corrected chi connectivity index (χ0v) is 15.6. The summed E-state index contributed by atoms with van der Waals surface area (Å²) < 4.78 is 0. The number of ketones is 1. The van der Waals surface area contributed by atoms with Gasteiger partial charge in [0.15, 0.2) is 11.4 Å². The molecule has 1 aromatic carbocycles. The van der Waals surface area contributed by atoms with Crippen LogP contribution in [-0.2, 0) is 4.79 Å². The van der Waals surface area contributed by atoms with E-state index in [4.69, 9.17) is 5.73 Å². The molecule has 5 N–H and O–H groups in total. The predicted molar refractivity (Wildman–Crippen MR) is 108 cm³/mol. The number of anilines is 1. The third-order valence-corrected chi connectivity index (χ3v) is 4.61. The van der Waals surface area contributed by atoms with E-state index >= 15 is 0 Å². The van der Waals surface area contributed by atoms with Gasteiger partial charge in [0.1, 0.15) is 11.6 Å². The van der Waals surface area contributed by atoms with Crippen LogP contribution in [0.3, 0.4) is 0 Å². The number of aromatic amines is 2. The second kappa shape index (κ2) is 6.80. The Kier molecular flexibility index (Phi) is 4.31. The van der Waals surface area contributed by atoms with Gasteiger partial charge in [-0.15, -0.1) is 0 Å². The number of Topliss-reactive ketones (excluding diaryl/α,β-unsaturated/α-hetero) is 1. The zero-order valence-electron chi connectivity index (χ0n) is 15.6. The topological polar surface area (TPSA) is 130 Å². The summed E-state index contributed by atoms with van der Waals surface area (Å²) in [6, 6.07) is 9.10. The lowest BCUT2D eigenvalue weighted by Gasteiger charge is -2.03. The highest BCUT2D eigenvalue weighted by atomic mass is 16.2. The number of nitrogens with zero attached hydrogens (tertiary/aromatic N) is 2. The molecule has 0 aliphatic rings. The van der Waals surface area contributed by atoms with Crippen LogP contribution < -0.4 is 11.1 Å². The van der Waals surface area contributed by atoms with Gasteiger partial charge in [0.05, 0.1) is 12.1 Å². The van der Waals surface area contributed by atoms with Crippen molar-refractivity contribution < 1.29 is 9.59 Å². The molecule has 0 fully saturated rings. The Hall–Kier alpha value is -3.68. The van der Waals surface area contributed by atoms with Crippen molar-refractivity contribution in [3.8, 4) is 11.3 Å². The highest BCUT2D eigenvalue weighted by Crippen LogP contribution is 2.30. The Balaban J connectivity index is 1.71. The number of hydrogen-bond donors (Lipinski definition) is 4. The Morgan fingerprint density at radius 1 is 1.14 bits per heavy atom. The number of carbonyl (C=O) groups is 2. The molecule has 4 rings (SSSR count). The molecule has 0 radical (unpaired) electrons. The highest BCUT2D eigenvalue weighted by molar-refractivity contribution is 6.01. The van der Waals surface area contributed by atoms with Crippen LogP contribution in [0.1, 0.15) is 29.5 Å². The van der Waals surface area contributed by atoms with Crippen LogP contribution >= 0.6 is 0 Å². The maximum atomic E-state index is 12.3. The molecule has 142 valence electrons. The molecule has 0 spiro atoms. The van der Waals surface area contributed by atoms with Gasteiger partial charge in [-0.3, -0.25) is 9.59 Å². The van der Waals surface area contributed by atoms with Gasteiger partial charge >= 0.3 is 0 Å². The molecule has 0 unspecified atom stereocenters. The number of aromatic nitrogens is 4. The molecule has 0 saturated heterocycles. The fourth-order valence-electron chi connectivity index (χ4n) is 3.16. The Labute approximate surface area is 160 Å². The first kappa shape index (κ1) is 17.7. The average molecular weight is 376 g/mol. The number of aryl methyl sites for hydroxylation is 1. The first-order chi connectivity index (χ1) is 13.4. The molecular weight excluding hydrogens is 356 g/mol. The normalized spacial score (nSPS) is 11.2. The molecule has 0 atom stereocenters. The van der Waals surface area contributed by atoms with E-state index in [1.54, 1.807) is 25.1 Å². The van der Waals surface area contributed by atoms with Gasteiger partial charge < -0.3 is 21.0 Å². The summed E-state index contributed by atoms with van der Waals surface area (Å²) in [5, 5.41) is 3.53. The summed E-state index contributed by atoms with van der Waals surface area (Å²) in [4.78, 5) is 38.9. The lowest BCUT2D eigenvalue weighted by molar-refractivity contribution is -0.117. The fourth-order valence-corrected chi connectivity index (χ4v) is 3.16. The van der Waals surface area contributed by atoms with E-state index in [1.807, 2.05) is 19.1 Å². The van der Waals surface area contributed by atoms with Crippen molar-refractivity contribution >= 4 is 39.6 Å². The number of fused-ring (bicyclic) bond motifs is 2. The van der Waals surface area contributed by atoms with Gasteiger partial charge in [-0.25, -0.2) is 9.97 Å². The molecule has 0 aliphatic carbocycles. The second-order valence-corrected chi connectivity index (χ2v) is 6.68. The van der Waals surface area contributed by atoms with E-state index in [1.165, 1.54) is 0 Å². The number of rotatable bonds is 5. The monoisotopic (exact) mass is 376 g/mol. The van der Waals surface area contributed by atoms with Gasteiger partial charge in [-0.2, -0.15) is 0 Å². The molecule has 8 heteroatoms. The van der Waals surface area contributed by atoms with Crippen LogP contribution in [0, 0.1) is 6.92 Å². The Morgan fingerprint density at radius 3 is 2.75 bits per heavy atom. The third kappa shape index (κ3) is 3.20. The van der Waals surface area contributed by atoms with Crippen LogP contribution in [-0.4, -0.2) is 38.2 Å². The lowest BCUT2D eigenvalue weighted by Crippen LogP contribution is -2.29. The maximum Gasteiger partial charge on any atom is 0.251 e. The molecular formula is C20H20N6O2. The predicted octanol–water partition coefficient (Wildman–Crippen LogP) is 2.71. The van der Waals surface area contributed by atoms with E-state index in [2.05, 4.69) is 25.3 Å². The van der Waals surface area contributed by atoms with Crippen LogP contribution in [0.4, 0.5) is 5.82 Å². The second-order valence-electron chi connectivity index (χ2n) is 6.68. The lowest BCUT2D eigenvalue weighted by atomic mass is 10.1. The Morgan fingerprint density at radius 2 is 1.96 bits per heavy atom. The number of nitrogens with two attached hydrogens (primary N) is 1. The van der Waals surface area contributed by atoms with E-state index in [0.717, 1.165) is 33.5 Å². The first-order valence-corrected chi connectivity index (χ1v) is 9.00. The summed E-state index contributed by atoms with van der Waals surface area (Å²) in [5.74, 6) is 0.859. The van der Waals surface area contributed by atoms with Gasteiger partial charge in [-0.05, 0) is 37.3 Å². The summed E-state index contributed by atoms with van der Waals surface area (Å²) in [6.45, 7) is 3.67. The van der Waals surface area contributed by atoms with Gasteiger partial charge in [0, 0.05) is 34.1 Å². The molecule has 1 amide bonds. The number of imidazole rings is 1. The van der Waals surface area contributed by atoms with E-state index in [9.17, 15) is 9.59 Å². The molecule has 0 aliphatic heterocycles. The minimum Gasteiger partial charge on any atom is -0.384 e. The summed E-state index contributed by atoms with van der Waals surface area (Å²) >= 11 is 0. The molecule has 28 heavy (non-hydrogen) atoms. The molecule has 3 heterocycles. The quantitative estimate of drug-likeness (QED) is 0.425. The van der Waals surface area contributed by atoms with Crippen molar-refractivity contribution in [2.24, 2.45) is 0 Å². The molecule has 3 aromatic heterocycles. The number of hydrogen-bond acceptors (Lipinski definition) is 5. The van der Waals surface area contributed by atoms with Crippen LogP contribution in [0.5, 0.6) is 0 Å². The minimum atomic E-state index is -0.272. The van der Waals surface area contributed by atoms with Gasteiger partial charge in [0.25, 0.3) is 5.91 Å². The van der Waals surface area contributed by atoms with Gasteiger partial charge in [-0.1, -0.05) is 6.92 Å². The maximum absolute atomic E-state index is 12.3. The Bertz CT molecular complexity index is 1220. The standard InChI is InChI=1S/C20H20N6O2/c1-3-13(27)9-22-20(28)11-4-5-15-12(6-11)7-16(25-15)14-8-17(21)26-19-18(14)23-10(2)24-19/h4-8,25H,3,9H2,1-2H3,(H,22,28)(H3,21,23,24,26). The zero-order chi connectivity index (χ0) is 19.8. The van der Waals surface area contributed by atoms with Crippen LogP contribution in [0.15, 0.2) is 30.3 Å². The summed E-state index contributed by atoms with van der Waals surface area (Å²) in [7, 11) is 0. The first-order valence-electron chi connectivity index (χ1n) is 9.00. The van der Waals surface area contributed by atoms with Crippen molar-refractivity contribution in [1.29, 1.82) is 0 Å². The molecule has 8 nitrogen and oxygen atoms in total. The van der Waals surface area contributed by atoms with E-state index in [0.29, 0.717) is 23.4 Å². The summed E-state index contributed by atoms with van der Waals surface area (Å²) in [6.07, 6.45) is 0.400. The van der Waals surface area contributed by atoms with Crippen molar-refractivity contribution in [2.45, 2.75) is 20.3 Å². The number of nitrogens with one attached hydrogen (secondary N) is 3. The number of nitrogen functional groups attached to an aromatic ring is 1.